The minimum Gasteiger partial charge on any atom is -0.361 e. The molecule has 2 nitrogen and oxygen atoms in total. The first-order valence-electron chi connectivity index (χ1n) is 6.69. The van der Waals surface area contributed by atoms with Crippen LogP contribution in [0.25, 0.3) is 10.9 Å². The van der Waals surface area contributed by atoms with E-state index in [2.05, 4.69) is 63.1 Å². The molecule has 2 aromatic rings. The Balaban J connectivity index is 2.02. The van der Waals surface area contributed by atoms with Crippen LogP contribution < -0.4 is 5.73 Å². The largest absolute Gasteiger partial charge is 0.361 e. The van der Waals surface area contributed by atoms with Gasteiger partial charge in [-0.3, -0.25) is 0 Å². The number of benzene rings is 1. The third kappa shape index (κ3) is 1.33. The Kier molecular flexibility index (Phi) is 2.22. The smallest absolute Gasteiger partial charge is 0.0457 e. The Morgan fingerprint density at radius 1 is 1.11 bits per heavy atom. The quantitative estimate of drug-likeness (QED) is 0.825. The number of nitrogens with two attached hydrogens (primary N) is 1. The van der Waals surface area contributed by atoms with Gasteiger partial charge in [-0.1, -0.05) is 45.9 Å². The fourth-order valence-corrected chi connectivity index (χ4v) is 3.69. The van der Waals surface area contributed by atoms with Gasteiger partial charge in [0.05, 0.1) is 0 Å². The number of rotatable bonds is 2. The second-order valence-electron chi connectivity index (χ2n) is 6.74. The lowest BCUT2D eigenvalue weighted by atomic mass is 9.97. The summed E-state index contributed by atoms with van der Waals surface area (Å²) in [6.07, 6.45) is 2.08. The Morgan fingerprint density at radius 3 is 2.33 bits per heavy atom. The van der Waals surface area contributed by atoms with Gasteiger partial charge < -0.3 is 10.7 Å². The molecule has 1 unspecified atom stereocenters. The van der Waals surface area contributed by atoms with E-state index in [1.165, 1.54) is 16.5 Å². The van der Waals surface area contributed by atoms with Crippen LogP contribution >= 0.6 is 0 Å². The van der Waals surface area contributed by atoms with Gasteiger partial charge in [-0.2, -0.15) is 0 Å². The van der Waals surface area contributed by atoms with Gasteiger partial charge in [0.2, 0.25) is 0 Å². The molecule has 0 bridgehead atoms. The number of fused-ring (bicyclic) bond motifs is 1. The lowest BCUT2D eigenvalue weighted by Crippen LogP contribution is -2.16. The summed E-state index contributed by atoms with van der Waals surface area (Å²) < 4.78 is 0. The first-order chi connectivity index (χ1) is 8.37. The van der Waals surface area contributed by atoms with Crippen molar-refractivity contribution in [1.82, 2.24) is 4.98 Å². The molecule has 0 amide bonds. The van der Waals surface area contributed by atoms with E-state index in [0.717, 1.165) is 0 Å². The van der Waals surface area contributed by atoms with Crippen LogP contribution in [0.1, 0.15) is 39.3 Å². The zero-order chi connectivity index (χ0) is 13.1. The highest BCUT2D eigenvalue weighted by atomic mass is 14.8. The average Bonchev–Trinajstić information content (AvgIpc) is 2.66. The van der Waals surface area contributed by atoms with Gasteiger partial charge in [0.15, 0.2) is 0 Å². The molecule has 1 heterocycles. The summed E-state index contributed by atoms with van der Waals surface area (Å²) in [6, 6.07) is 8.51. The first-order valence-corrected chi connectivity index (χ1v) is 6.69. The number of H-pyrrole nitrogens is 1. The Hall–Kier alpha value is -1.28. The first kappa shape index (κ1) is 11.8. The van der Waals surface area contributed by atoms with Gasteiger partial charge in [-0.25, -0.2) is 0 Å². The maximum absolute atomic E-state index is 6.54. The molecule has 0 radical (unpaired) electrons. The van der Waals surface area contributed by atoms with Crippen LogP contribution in [-0.2, 0) is 0 Å². The molecule has 1 aromatic heterocycles. The van der Waals surface area contributed by atoms with Crippen molar-refractivity contribution in [3.8, 4) is 0 Å². The van der Waals surface area contributed by atoms with E-state index in [4.69, 9.17) is 5.73 Å². The minimum absolute atomic E-state index is 0.117. The van der Waals surface area contributed by atoms with E-state index in [1.54, 1.807) is 0 Å². The lowest BCUT2D eigenvalue weighted by Gasteiger charge is -2.13. The molecule has 2 heteroatoms. The number of aromatic nitrogens is 1. The van der Waals surface area contributed by atoms with Gasteiger partial charge in [0.1, 0.15) is 0 Å². The van der Waals surface area contributed by atoms with Gasteiger partial charge in [0, 0.05) is 23.1 Å². The summed E-state index contributed by atoms with van der Waals surface area (Å²) in [6.45, 7) is 9.30. The standard InChI is InChI=1S/C16H22N2/c1-15(2)14(16(15,3)4)13(17)11-9-18-12-8-6-5-7-10(11)12/h5-9,13-14,18H,17H2,1-4H3. The van der Waals surface area contributed by atoms with Gasteiger partial charge in [-0.05, 0) is 28.4 Å². The average molecular weight is 242 g/mol. The van der Waals surface area contributed by atoms with E-state index >= 15 is 0 Å². The third-order valence-electron chi connectivity index (χ3n) is 5.47. The maximum atomic E-state index is 6.54. The van der Waals surface area contributed by atoms with Crippen LogP contribution in [0.2, 0.25) is 0 Å². The molecule has 1 aliphatic rings. The van der Waals surface area contributed by atoms with E-state index in [-0.39, 0.29) is 6.04 Å². The predicted octanol–water partition coefficient (Wildman–Crippen LogP) is 3.85. The SMILES string of the molecule is CC1(C)C(C(N)c2c[nH]c3ccccc23)C1(C)C. The summed E-state index contributed by atoms with van der Waals surface area (Å²) in [4.78, 5) is 3.33. The minimum atomic E-state index is 0.117. The highest BCUT2D eigenvalue weighted by molar-refractivity contribution is 5.83. The van der Waals surface area contributed by atoms with Crippen LogP contribution in [0.5, 0.6) is 0 Å². The van der Waals surface area contributed by atoms with Crippen molar-refractivity contribution in [1.29, 1.82) is 0 Å². The molecule has 18 heavy (non-hydrogen) atoms. The van der Waals surface area contributed by atoms with Crippen LogP contribution in [0.3, 0.4) is 0 Å². The van der Waals surface area contributed by atoms with Crippen molar-refractivity contribution in [2.75, 3.05) is 0 Å². The molecule has 96 valence electrons. The topological polar surface area (TPSA) is 41.8 Å². The Morgan fingerprint density at radius 2 is 1.72 bits per heavy atom. The highest BCUT2D eigenvalue weighted by Crippen LogP contribution is 2.72. The van der Waals surface area contributed by atoms with Crippen molar-refractivity contribution in [3.63, 3.8) is 0 Å². The molecule has 1 fully saturated rings. The summed E-state index contributed by atoms with van der Waals surface area (Å²) in [5.41, 5.74) is 9.63. The number of hydrogen-bond acceptors (Lipinski definition) is 1. The molecule has 1 saturated carbocycles. The van der Waals surface area contributed by atoms with Crippen LogP contribution in [0, 0.1) is 16.7 Å². The zero-order valence-electron chi connectivity index (χ0n) is 11.6. The predicted molar refractivity (Wildman–Crippen MR) is 76.3 cm³/mol. The normalized spacial score (nSPS) is 23.2. The highest BCUT2D eigenvalue weighted by Gasteiger charge is 2.66. The molecule has 0 spiro atoms. The second-order valence-corrected chi connectivity index (χ2v) is 6.74. The van der Waals surface area contributed by atoms with E-state index in [1.807, 2.05) is 0 Å². The van der Waals surface area contributed by atoms with E-state index < -0.39 is 0 Å². The van der Waals surface area contributed by atoms with Crippen LogP contribution in [0.4, 0.5) is 0 Å². The maximum Gasteiger partial charge on any atom is 0.0457 e. The number of hydrogen-bond donors (Lipinski definition) is 2. The summed E-state index contributed by atoms with van der Waals surface area (Å²) >= 11 is 0. The zero-order valence-corrected chi connectivity index (χ0v) is 11.6. The lowest BCUT2D eigenvalue weighted by molar-refractivity contribution is 0.457. The van der Waals surface area contributed by atoms with E-state index in [0.29, 0.717) is 16.7 Å². The molecule has 1 aliphatic carbocycles. The van der Waals surface area contributed by atoms with Crippen molar-refractivity contribution in [2.45, 2.75) is 33.7 Å². The fraction of sp³-hybridized carbons (Fsp3) is 0.500. The molecule has 1 aromatic carbocycles. The van der Waals surface area contributed by atoms with Crippen molar-refractivity contribution in [3.05, 3.63) is 36.0 Å². The van der Waals surface area contributed by atoms with Crippen molar-refractivity contribution < 1.29 is 0 Å². The second kappa shape index (κ2) is 3.39. The number of nitrogens with one attached hydrogen (secondary N) is 1. The molecule has 3 N–H and O–H groups in total. The van der Waals surface area contributed by atoms with Crippen molar-refractivity contribution in [2.24, 2.45) is 22.5 Å². The molecule has 0 saturated heterocycles. The van der Waals surface area contributed by atoms with Gasteiger partial charge >= 0.3 is 0 Å². The van der Waals surface area contributed by atoms with Crippen molar-refractivity contribution >= 4 is 10.9 Å². The summed E-state index contributed by atoms with van der Waals surface area (Å²) in [5.74, 6) is 0.546. The molecule has 3 rings (SSSR count). The van der Waals surface area contributed by atoms with E-state index in [9.17, 15) is 0 Å². The Labute approximate surface area is 109 Å². The van der Waals surface area contributed by atoms with Gasteiger partial charge in [0.25, 0.3) is 0 Å². The monoisotopic (exact) mass is 242 g/mol. The molecule has 0 aliphatic heterocycles. The summed E-state index contributed by atoms with van der Waals surface area (Å²) in [7, 11) is 0. The molecule has 1 atom stereocenters. The molecular formula is C16H22N2. The fourth-order valence-electron chi connectivity index (χ4n) is 3.69. The summed E-state index contributed by atoms with van der Waals surface area (Å²) in [5, 5.41) is 1.27. The number of aromatic amines is 1. The number of para-hydroxylation sites is 1. The Bertz CT molecular complexity index is 578. The molecular weight excluding hydrogens is 220 g/mol. The van der Waals surface area contributed by atoms with Gasteiger partial charge in [-0.15, -0.1) is 0 Å². The van der Waals surface area contributed by atoms with Crippen LogP contribution in [0.15, 0.2) is 30.5 Å². The third-order valence-corrected chi connectivity index (χ3v) is 5.47. The van der Waals surface area contributed by atoms with Crippen LogP contribution in [-0.4, -0.2) is 4.98 Å².